The summed E-state index contributed by atoms with van der Waals surface area (Å²) in [6.45, 7) is 10.2. The highest BCUT2D eigenvalue weighted by Gasteiger charge is 2.70. The molecule has 2 heterocycles. The molecule has 6 heteroatoms. The van der Waals surface area contributed by atoms with E-state index in [0.29, 0.717) is 18.0 Å². The van der Waals surface area contributed by atoms with Crippen LogP contribution in [0.5, 0.6) is 0 Å². The van der Waals surface area contributed by atoms with E-state index in [9.17, 15) is 14.3 Å². The van der Waals surface area contributed by atoms with Gasteiger partial charge in [-0.05, 0) is 43.5 Å². The van der Waals surface area contributed by atoms with Gasteiger partial charge >= 0.3 is 5.97 Å². The molecule has 4 rings (SSSR count). The number of aromatic nitrogens is 1. The van der Waals surface area contributed by atoms with Crippen molar-refractivity contribution in [2.45, 2.75) is 45.1 Å². The molecule has 0 bridgehead atoms. The zero-order chi connectivity index (χ0) is 21.5. The second kappa shape index (κ2) is 7.99. The minimum atomic E-state index is -0.978. The van der Waals surface area contributed by atoms with Gasteiger partial charge in [-0.15, -0.1) is 0 Å². The predicted molar refractivity (Wildman–Crippen MR) is 115 cm³/mol. The van der Waals surface area contributed by atoms with E-state index in [0.717, 1.165) is 37.6 Å². The first-order valence-electron chi connectivity index (χ1n) is 10.8. The number of pyridine rings is 1. The molecule has 1 N–H and O–H groups in total. The Morgan fingerprint density at radius 1 is 1.17 bits per heavy atom. The summed E-state index contributed by atoms with van der Waals surface area (Å²) in [6.07, 6.45) is 2.24. The molecule has 0 amide bonds. The number of halogens is 1. The van der Waals surface area contributed by atoms with Crippen LogP contribution in [0.3, 0.4) is 0 Å². The number of anilines is 1. The first-order chi connectivity index (χ1) is 14.4. The highest BCUT2D eigenvalue weighted by Crippen LogP contribution is 2.72. The summed E-state index contributed by atoms with van der Waals surface area (Å²) in [5, 5.41) is 10.0. The SMILES string of the molecule is CC[C@@]1(C(=O)O)[C@H](c2ccccc2F)[C@@H]1c1ccc(N2CCN(C(C)C)CC2)nc1. The molecule has 1 aromatic heterocycles. The van der Waals surface area contributed by atoms with Crippen molar-refractivity contribution in [3.8, 4) is 0 Å². The van der Waals surface area contributed by atoms with Crippen molar-refractivity contribution >= 4 is 11.8 Å². The van der Waals surface area contributed by atoms with E-state index in [1.54, 1.807) is 24.4 Å². The van der Waals surface area contributed by atoms with Gasteiger partial charge in [-0.2, -0.15) is 0 Å². The molecule has 5 nitrogen and oxygen atoms in total. The van der Waals surface area contributed by atoms with Crippen molar-refractivity contribution in [2.75, 3.05) is 31.1 Å². The zero-order valence-corrected chi connectivity index (χ0v) is 17.9. The summed E-state index contributed by atoms with van der Waals surface area (Å²) in [5.41, 5.74) is 0.381. The van der Waals surface area contributed by atoms with Crippen molar-refractivity contribution in [1.82, 2.24) is 9.88 Å². The van der Waals surface area contributed by atoms with Crippen LogP contribution in [0.15, 0.2) is 42.6 Å². The van der Waals surface area contributed by atoms with Gasteiger partial charge in [-0.25, -0.2) is 9.37 Å². The number of rotatable bonds is 6. The second-order valence-corrected chi connectivity index (χ2v) is 8.74. The summed E-state index contributed by atoms with van der Waals surface area (Å²) in [7, 11) is 0. The monoisotopic (exact) mass is 411 g/mol. The van der Waals surface area contributed by atoms with E-state index < -0.39 is 11.4 Å². The normalized spacial score (nSPS) is 26.8. The molecule has 1 aromatic carbocycles. The topological polar surface area (TPSA) is 56.7 Å². The standard InChI is InChI=1S/C24H30FN3O2/c1-4-24(23(29)30)21(22(24)18-7-5-6-8-19(18)25)17-9-10-20(26-15-17)28-13-11-27(12-14-28)16(2)3/h5-10,15-16,21-22H,4,11-14H2,1-3H3,(H,29,30)/t21-,22+,24-/m0/s1. The van der Waals surface area contributed by atoms with E-state index in [1.165, 1.54) is 6.07 Å². The lowest BCUT2D eigenvalue weighted by molar-refractivity contribution is -0.143. The van der Waals surface area contributed by atoms with Crippen LogP contribution in [0.4, 0.5) is 10.2 Å². The first kappa shape index (κ1) is 20.8. The zero-order valence-electron chi connectivity index (χ0n) is 17.9. The van der Waals surface area contributed by atoms with E-state index >= 15 is 0 Å². The van der Waals surface area contributed by atoms with Gasteiger partial charge in [0.2, 0.25) is 0 Å². The van der Waals surface area contributed by atoms with Gasteiger partial charge in [0, 0.05) is 50.3 Å². The van der Waals surface area contributed by atoms with Gasteiger partial charge in [-0.1, -0.05) is 31.2 Å². The van der Waals surface area contributed by atoms with Crippen molar-refractivity contribution < 1.29 is 14.3 Å². The quantitative estimate of drug-likeness (QED) is 0.775. The molecular weight excluding hydrogens is 381 g/mol. The number of hydrogen-bond acceptors (Lipinski definition) is 4. The molecule has 0 radical (unpaired) electrons. The molecular formula is C24H30FN3O2. The van der Waals surface area contributed by atoms with E-state index in [4.69, 9.17) is 0 Å². The number of hydrogen-bond donors (Lipinski definition) is 1. The number of carboxylic acids is 1. The fourth-order valence-electron chi connectivity index (χ4n) is 5.21. The number of benzene rings is 1. The van der Waals surface area contributed by atoms with Crippen LogP contribution in [0.2, 0.25) is 0 Å². The van der Waals surface area contributed by atoms with Crippen LogP contribution >= 0.6 is 0 Å². The second-order valence-electron chi connectivity index (χ2n) is 8.74. The molecule has 3 atom stereocenters. The van der Waals surface area contributed by atoms with E-state index in [2.05, 4.69) is 28.6 Å². The molecule has 0 unspecified atom stereocenters. The molecule has 2 aliphatic rings. The molecule has 1 aliphatic heterocycles. The Balaban J connectivity index is 1.57. The van der Waals surface area contributed by atoms with E-state index in [1.807, 2.05) is 19.1 Å². The molecule has 2 aromatic rings. The van der Waals surface area contributed by atoms with Crippen LogP contribution < -0.4 is 4.90 Å². The summed E-state index contributed by atoms with van der Waals surface area (Å²) in [5.74, 6) is -0.920. The highest BCUT2D eigenvalue weighted by atomic mass is 19.1. The Bertz CT molecular complexity index is 909. The summed E-state index contributed by atoms with van der Waals surface area (Å²) >= 11 is 0. The Morgan fingerprint density at radius 3 is 2.40 bits per heavy atom. The third-order valence-electron chi connectivity index (χ3n) is 7.06. The lowest BCUT2D eigenvalue weighted by Crippen LogP contribution is -2.49. The molecule has 1 aliphatic carbocycles. The van der Waals surface area contributed by atoms with Crippen LogP contribution in [-0.2, 0) is 4.79 Å². The number of aliphatic carboxylic acids is 1. The largest absolute Gasteiger partial charge is 0.481 e. The van der Waals surface area contributed by atoms with Gasteiger partial charge in [0.25, 0.3) is 0 Å². The summed E-state index contributed by atoms with van der Waals surface area (Å²) in [6, 6.07) is 11.0. The molecule has 2 fully saturated rings. The van der Waals surface area contributed by atoms with Crippen LogP contribution in [0.25, 0.3) is 0 Å². The van der Waals surface area contributed by atoms with Crippen LogP contribution in [0.1, 0.15) is 50.2 Å². The summed E-state index contributed by atoms with van der Waals surface area (Å²) < 4.78 is 14.5. The van der Waals surface area contributed by atoms with Gasteiger partial charge in [0.05, 0.1) is 5.41 Å². The maximum Gasteiger partial charge on any atom is 0.310 e. The molecule has 1 saturated carbocycles. The van der Waals surface area contributed by atoms with Crippen molar-refractivity contribution in [2.24, 2.45) is 5.41 Å². The number of piperazine rings is 1. The maximum atomic E-state index is 14.5. The molecule has 30 heavy (non-hydrogen) atoms. The highest BCUT2D eigenvalue weighted by molar-refractivity contribution is 5.84. The smallest absolute Gasteiger partial charge is 0.310 e. The van der Waals surface area contributed by atoms with Gasteiger partial charge in [0.15, 0.2) is 0 Å². The maximum absolute atomic E-state index is 14.5. The van der Waals surface area contributed by atoms with Crippen molar-refractivity contribution in [1.29, 1.82) is 0 Å². The number of nitrogens with zero attached hydrogens (tertiary/aromatic N) is 3. The van der Waals surface area contributed by atoms with Gasteiger partial charge in [-0.3, -0.25) is 9.69 Å². The van der Waals surface area contributed by atoms with Crippen molar-refractivity contribution in [3.63, 3.8) is 0 Å². The minimum Gasteiger partial charge on any atom is -0.481 e. The Hall–Kier alpha value is -2.47. The average Bonchev–Trinajstić information content (AvgIpc) is 3.44. The third kappa shape index (κ3) is 3.37. The molecule has 0 spiro atoms. The van der Waals surface area contributed by atoms with Gasteiger partial charge in [0.1, 0.15) is 11.6 Å². The minimum absolute atomic E-state index is 0.267. The summed E-state index contributed by atoms with van der Waals surface area (Å²) in [4.78, 5) is 21.6. The predicted octanol–water partition coefficient (Wildman–Crippen LogP) is 4.11. The third-order valence-corrected chi connectivity index (χ3v) is 7.06. The van der Waals surface area contributed by atoms with Crippen LogP contribution in [-0.4, -0.2) is 53.2 Å². The lowest BCUT2D eigenvalue weighted by atomic mass is 9.95. The van der Waals surface area contributed by atoms with Crippen LogP contribution in [0, 0.1) is 11.2 Å². The molecule has 160 valence electrons. The Labute approximate surface area is 177 Å². The number of carboxylic acid groups (broad SMARTS) is 1. The first-order valence-corrected chi connectivity index (χ1v) is 10.8. The molecule has 1 saturated heterocycles. The fourth-order valence-corrected chi connectivity index (χ4v) is 5.21. The number of carbonyl (C=O) groups is 1. The van der Waals surface area contributed by atoms with E-state index in [-0.39, 0.29) is 17.7 Å². The van der Waals surface area contributed by atoms with Gasteiger partial charge < -0.3 is 10.0 Å². The lowest BCUT2D eigenvalue weighted by Gasteiger charge is -2.37. The fraction of sp³-hybridized carbons (Fsp3) is 0.500. The Morgan fingerprint density at radius 2 is 1.87 bits per heavy atom. The average molecular weight is 412 g/mol. The Kier molecular flexibility index (Phi) is 5.53. The van der Waals surface area contributed by atoms with Crippen molar-refractivity contribution in [3.05, 3.63) is 59.5 Å².